The van der Waals surface area contributed by atoms with Gasteiger partial charge in [0.15, 0.2) is 0 Å². The quantitative estimate of drug-likeness (QED) is 0.252. The second kappa shape index (κ2) is 10.3. The fraction of sp³-hybridized carbons (Fsp3) is 0.192. The maximum Gasteiger partial charge on any atom is 0.225 e. The summed E-state index contributed by atoms with van der Waals surface area (Å²) < 4.78 is 17.2. The molecule has 0 saturated carbocycles. The summed E-state index contributed by atoms with van der Waals surface area (Å²) in [5.74, 6) is 2.76. The van der Waals surface area contributed by atoms with Gasteiger partial charge in [0.2, 0.25) is 5.90 Å². The van der Waals surface area contributed by atoms with E-state index in [9.17, 15) is 0 Å². The minimum Gasteiger partial charge on any atom is -0.497 e. The van der Waals surface area contributed by atoms with Crippen molar-refractivity contribution in [3.05, 3.63) is 95.8 Å². The van der Waals surface area contributed by atoms with Gasteiger partial charge in [-0.05, 0) is 79.9 Å². The van der Waals surface area contributed by atoms with E-state index in [2.05, 4.69) is 13.0 Å². The lowest BCUT2D eigenvalue weighted by molar-refractivity contribution is 0.415. The first-order valence-electron chi connectivity index (χ1n) is 9.97. The van der Waals surface area contributed by atoms with Crippen molar-refractivity contribution in [1.29, 1.82) is 0 Å². The Morgan fingerprint density at radius 1 is 0.900 bits per heavy atom. The van der Waals surface area contributed by atoms with Crippen LogP contribution in [-0.2, 0) is 6.42 Å². The summed E-state index contributed by atoms with van der Waals surface area (Å²) in [5.41, 5.74) is 3.88. The number of hydrogen-bond acceptors (Lipinski definition) is 4. The van der Waals surface area contributed by atoms with E-state index in [-0.39, 0.29) is 0 Å². The lowest BCUT2D eigenvalue weighted by atomic mass is 10.2. The van der Waals surface area contributed by atoms with Gasteiger partial charge in [-0.2, -0.15) is 0 Å². The molecule has 4 nitrogen and oxygen atoms in total. The van der Waals surface area contributed by atoms with E-state index in [1.165, 1.54) is 5.56 Å². The molecule has 3 rings (SSSR count). The van der Waals surface area contributed by atoms with E-state index in [4.69, 9.17) is 19.2 Å². The highest BCUT2D eigenvalue weighted by molar-refractivity contribution is 5.96. The van der Waals surface area contributed by atoms with Crippen LogP contribution in [-0.4, -0.2) is 13.0 Å². The second-order valence-corrected chi connectivity index (χ2v) is 6.95. The number of methoxy groups -OCH3 is 1. The van der Waals surface area contributed by atoms with Crippen LogP contribution < -0.4 is 14.2 Å². The first-order valence-corrected chi connectivity index (χ1v) is 9.97. The predicted octanol–water partition coefficient (Wildman–Crippen LogP) is 6.66. The molecule has 0 fully saturated rings. The highest BCUT2D eigenvalue weighted by Gasteiger charge is 2.09. The third kappa shape index (κ3) is 5.98. The summed E-state index contributed by atoms with van der Waals surface area (Å²) >= 11 is 0. The van der Waals surface area contributed by atoms with Gasteiger partial charge in [0.1, 0.15) is 17.2 Å². The molecule has 0 unspecified atom stereocenters. The Morgan fingerprint density at radius 3 is 2.33 bits per heavy atom. The van der Waals surface area contributed by atoms with Crippen molar-refractivity contribution in [3.63, 3.8) is 0 Å². The summed E-state index contributed by atoms with van der Waals surface area (Å²) in [6, 6.07) is 23.4. The van der Waals surface area contributed by atoms with Crippen molar-refractivity contribution >= 4 is 11.6 Å². The molecule has 0 aromatic heterocycles. The number of hydrogen-bond donors (Lipinski definition) is 0. The molecular weight excluding hydrogens is 374 g/mol. The van der Waals surface area contributed by atoms with Crippen LogP contribution in [0.25, 0.3) is 0 Å². The van der Waals surface area contributed by atoms with E-state index in [0.29, 0.717) is 5.90 Å². The molecule has 0 bridgehead atoms. The summed E-state index contributed by atoms with van der Waals surface area (Å²) in [4.78, 5) is 4.71. The zero-order valence-electron chi connectivity index (χ0n) is 17.9. The van der Waals surface area contributed by atoms with E-state index in [1.807, 2.05) is 80.6 Å². The molecule has 0 aliphatic rings. The van der Waals surface area contributed by atoms with Gasteiger partial charge in [0, 0.05) is 5.57 Å². The van der Waals surface area contributed by atoms with Crippen LogP contribution in [0.5, 0.6) is 17.2 Å². The van der Waals surface area contributed by atoms with Crippen LogP contribution in [0.1, 0.15) is 25.0 Å². The molecule has 3 aromatic carbocycles. The molecule has 0 spiro atoms. The predicted molar refractivity (Wildman–Crippen MR) is 122 cm³/mol. The van der Waals surface area contributed by atoms with Crippen LogP contribution in [0, 0.1) is 6.92 Å². The van der Waals surface area contributed by atoms with E-state index in [0.717, 1.165) is 40.5 Å². The third-order valence-corrected chi connectivity index (χ3v) is 4.52. The molecule has 0 radical (unpaired) electrons. The monoisotopic (exact) mass is 401 g/mol. The third-order valence-electron chi connectivity index (χ3n) is 4.52. The van der Waals surface area contributed by atoms with Gasteiger partial charge in [0.05, 0.1) is 19.1 Å². The van der Waals surface area contributed by atoms with E-state index in [1.54, 1.807) is 13.4 Å². The zero-order valence-corrected chi connectivity index (χ0v) is 17.9. The fourth-order valence-corrected chi connectivity index (χ4v) is 2.80. The summed E-state index contributed by atoms with van der Waals surface area (Å²) in [7, 11) is 1.64. The highest BCUT2D eigenvalue weighted by atomic mass is 16.5. The number of benzene rings is 3. The molecule has 0 N–H and O–H groups in total. The average molecular weight is 402 g/mol. The Labute approximate surface area is 178 Å². The minimum atomic E-state index is 0.473. The Morgan fingerprint density at radius 2 is 1.63 bits per heavy atom. The van der Waals surface area contributed by atoms with Crippen molar-refractivity contribution < 1.29 is 14.2 Å². The number of rotatable bonds is 7. The Balaban J connectivity index is 1.90. The molecule has 3 aromatic rings. The maximum atomic E-state index is 6.16. The standard InChI is InChI=1S/C26H27NO3/c1-5-21-9-7-11-25(17-21)30-26(27-22-12-14-23(28-4)15-13-22)20(3)18-29-24-10-6-8-19(2)16-24/h6-18H,5H2,1-4H3/b20-18+,27-26?. The van der Waals surface area contributed by atoms with Gasteiger partial charge in [0.25, 0.3) is 0 Å². The Kier molecular flexibility index (Phi) is 7.28. The molecule has 4 heteroatoms. The van der Waals surface area contributed by atoms with Crippen molar-refractivity contribution in [3.8, 4) is 17.2 Å². The van der Waals surface area contributed by atoms with Crippen molar-refractivity contribution in [1.82, 2.24) is 0 Å². The van der Waals surface area contributed by atoms with E-state index < -0.39 is 0 Å². The first-order chi connectivity index (χ1) is 14.6. The van der Waals surface area contributed by atoms with Crippen LogP contribution in [0.15, 0.2) is 89.6 Å². The van der Waals surface area contributed by atoms with Gasteiger partial charge < -0.3 is 14.2 Å². The number of nitrogens with zero attached hydrogens (tertiary/aromatic N) is 1. The largest absolute Gasteiger partial charge is 0.497 e. The lowest BCUT2D eigenvalue weighted by Gasteiger charge is -2.11. The van der Waals surface area contributed by atoms with Crippen LogP contribution in [0.2, 0.25) is 0 Å². The normalized spacial score (nSPS) is 11.9. The summed E-state index contributed by atoms with van der Waals surface area (Å²) in [6.07, 6.45) is 2.61. The summed E-state index contributed by atoms with van der Waals surface area (Å²) in [6.45, 7) is 6.07. The summed E-state index contributed by atoms with van der Waals surface area (Å²) in [5, 5.41) is 0. The van der Waals surface area contributed by atoms with Crippen LogP contribution >= 0.6 is 0 Å². The number of aryl methyl sites for hydroxylation is 2. The minimum absolute atomic E-state index is 0.473. The molecular formula is C26H27NO3. The van der Waals surface area contributed by atoms with Gasteiger partial charge in [-0.1, -0.05) is 31.2 Å². The number of aliphatic imine (C=N–C) groups is 1. The van der Waals surface area contributed by atoms with Gasteiger partial charge in [-0.25, -0.2) is 4.99 Å². The SMILES string of the molecule is CCc1cccc(OC(=Nc2ccc(OC)cc2)/C(C)=C/Oc2cccc(C)c2)c1. The van der Waals surface area contributed by atoms with Crippen molar-refractivity contribution in [2.75, 3.05) is 7.11 Å². The topological polar surface area (TPSA) is 40.0 Å². The van der Waals surface area contributed by atoms with Crippen LogP contribution in [0.4, 0.5) is 5.69 Å². The van der Waals surface area contributed by atoms with Crippen LogP contribution in [0.3, 0.4) is 0 Å². The lowest BCUT2D eigenvalue weighted by Crippen LogP contribution is -2.11. The highest BCUT2D eigenvalue weighted by Crippen LogP contribution is 2.22. The van der Waals surface area contributed by atoms with E-state index >= 15 is 0 Å². The zero-order chi connectivity index (χ0) is 21.3. The molecule has 154 valence electrons. The second-order valence-electron chi connectivity index (χ2n) is 6.95. The van der Waals surface area contributed by atoms with Gasteiger partial charge in [-0.15, -0.1) is 0 Å². The molecule has 30 heavy (non-hydrogen) atoms. The van der Waals surface area contributed by atoms with Gasteiger partial charge >= 0.3 is 0 Å². The smallest absolute Gasteiger partial charge is 0.225 e. The van der Waals surface area contributed by atoms with Crippen molar-refractivity contribution in [2.24, 2.45) is 4.99 Å². The molecule has 0 heterocycles. The Hall–Kier alpha value is -3.53. The molecule has 0 aliphatic carbocycles. The molecule has 0 saturated heterocycles. The fourth-order valence-electron chi connectivity index (χ4n) is 2.80. The molecule has 0 atom stereocenters. The Bertz CT molecular complexity index is 1040. The maximum absolute atomic E-state index is 6.16. The number of ether oxygens (including phenoxy) is 3. The average Bonchev–Trinajstić information content (AvgIpc) is 2.77. The van der Waals surface area contributed by atoms with Crippen molar-refractivity contribution in [2.45, 2.75) is 27.2 Å². The van der Waals surface area contributed by atoms with Gasteiger partial charge in [-0.3, -0.25) is 0 Å². The molecule has 0 aliphatic heterocycles. The molecule has 0 amide bonds. The first kappa shape index (κ1) is 21.2.